The lowest BCUT2D eigenvalue weighted by Gasteiger charge is -2.30. The minimum Gasteiger partial charge on any atom is -0.444 e. The molecule has 3 aromatic carbocycles. The van der Waals surface area contributed by atoms with Gasteiger partial charge in [-0.3, -0.25) is 9.59 Å². The normalized spacial score (nSPS) is 13.0. The average molecular weight is 476 g/mol. The minimum atomic E-state index is -0.905. The molecule has 0 saturated heterocycles. The predicted molar refractivity (Wildman–Crippen MR) is 138 cm³/mol. The Morgan fingerprint density at radius 2 is 1.54 bits per heavy atom. The molecule has 0 aliphatic rings. The van der Waals surface area contributed by atoms with Crippen LogP contribution in [-0.2, 0) is 14.3 Å². The minimum absolute atomic E-state index is 0.357. The summed E-state index contributed by atoms with van der Waals surface area (Å²) in [7, 11) is 1.56. The number of rotatable bonds is 6. The van der Waals surface area contributed by atoms with Crippen molar-refractivity contribution in [1.82, 2.24) is 10.2 Å². The van der Waals surface area contributed by atoms with Crippen LogP contribution in [0.3, 0.4) is 0 Å². The van der Waals surface area contributed by atoms with Crippen LogP contribution >= 0.6 is 0 Å². The van der Waals surface area contributed by atoms with Crippen LogP contribution in [0, 0.1) is 6.92 Å². The first-order chi connectivity index (χ1) is 16.4. The van der Waals surface area contributed by atoms with E-state index in [0.29, 0.717) is 11.3 Å². The van der Waals surface area contributed by atoms with Crippen molar-refractivity contribution in [2.45, 2.75) is 52.3 Å². The first-order valence-corrected chi connectivity index (χ1v) is 11.6. The molecule has 3 amide bonds. The highest BCUT2D eigenvalue weighted by molar-refractivity contribution is 6.00. The Bertz CT molecular complexity index is 1210. The van der Waals surface area contributed by atoms with Gasteiger partial charge in [0.2, 0.25) is 5.91 Å². The van der Waals surface area contributed by atoms with E-state index in [0.717, 1.165) is 16.3 Å². The molecule has 7 heteroatoms. The summed E-state index contributed by atoms with van der Waals surface area (Å²) in [6.45, 7) is 8.76. The molecule has 2 N–H and O–H groups in total. The summed E-state index contributed by atoms with van der Waals surface area (Å²) < 4.78 is 5.26. The molecule has 0 fully saturated rings. The van der Waals surface area contributed by atoms with E-state index >= 15 is 0 Å². The quantitative estimate of drug-likeness (QED) is 0.513. The lowest BCUT2D eigenvalue weighted by molar-refractivity contribution is -0.138. The zero-order chi connectivity index (χ0) is 25.8. The van der Waals surface area contributed by atoms with Crippen LogP contribution in [0.25, 0.3) is 10.8 Å². The first kappa shape index (κ1) is 25.7. The SMILES string of the molecule is Cc1ccc(C(C(=O)Nc2ccc3ccccc3c2)N(C)C(=O)C(C)NC(=O)OC(C)(C)C)cc1. The van der Waals surface area contributed by atoms with Gasteiger partial charge in [0.15, 0.2) is 0 Å². The molecule has 0 radical (unpaired) electrons. The van der Waals surface area contributed by atoms with Crippen LogP contribution in [-0.4, -0.2) is 41.5 Å². The zero-order valence-electron chi connectivity index (χ0n) is 21.1. The molecular weight excluding hydrogens is 442 g/mol. The third kappa shape index (κ3) is 6.82. The van der Waals surface area contributed by atoms with Crippen LogP contribution in [0.2, 0.25) is 0 Å². The van der Waals surface area contributed by atoms with E-state index in [4.69, 9.17) is 4.74 Å². The van der Waals surface area contributed by atoms with Gasteiger partial charge in [-0.25, -0.2) is 4.79 Å². The van der Waals surface area contributed by atoms with Gasteiger partial charge in [-0.1, -0.05) is 60.2 Å². The first-order valence-electron chi connectivity index (χ1n) is 11.6. The van der Waals surface area contributed by atoms with E-state index in [-0.39, 0.29) is 5.91 Å². The monoisotopic (exact) mass is 475 g/mol. The van der Waals surface area contributed by atoms with Crippen LogP contribution < -0.4 is 10.6 Å². The summed E-state index contributed by atoms with van der Waals surface area (Å²) in [5, 5.41) is 7.57. The summed E-state index contributed by atoms with van der Waals surface area (Å²) in [6, 6.07) is 19.2. The molecule has 0 saturated carbocycles. The van der Waals surface area contributed by atoms with Crippen molar-refractivity contribution < 1.29 is 19.1 Å². The summed E-state index contributed by atoms with van der Waals surface area (Å²) in [6.07, 6.45) is -0.695. The van der Waals surface area contributed by atoms with E-state index in [1.807, 2.05) is 73.7 Å². The van der Waals surface area contributed by atoms with E-state index in [1.165, 1.54) is 4.90 Å². The molecule has 0 spiro atoms. The smallest absolute Gasteiger partial charge is 0.408 e. The Balaban J connectivity index is 1.84. The molecule has 0 aliphatic carbocycles. The molecule has 0 aromatic heterocycles. The molecule has 2 atom stereocenters. The lowest BCUT2D eigenvalue weighted by atomic mass is 10.0. The fourth-order valence-electron chi connectivity index (χ4n) is 3.76. The second-order valence-electron chi connectivity index (χ2n) is 9.68. The molecule has 0 bridgehead atoms. The number of carbonyl (C=O) groups is 3. The molecule has 3 aromatic rings. The van der Waals surface area contributed by atoms with Gasteiger partial charge in [-0.05, 0) is 63.1 Å². The van der Waals surface area contributed by atoms with E-state index in [1.54, 1.807) is 34.7 Å². The molecule has 35 heavy (non-hydrogen) atoms. The van der Waals surface area contributed by atoms with Gasteiger partial charge in [0.1, 0.15) is 17.7 Å². The summed E-state index contributed by atoms with van der Waals surface area (Å²) in [5.74, 6) is -0.778. The number of fused-ring (bicyclic) bond motifs is 1. The second kappa shape index (κ2) is 10.6. The maximum absolute atomic E-state index is 13.5. The highest BCUT2D eigenvalue weighted by Gasteiger charge is 2.32. The topological polar surface area (TPSA) is 87.7 Å². The number of alkyl carbamates (subject to hydrolysis) is 1. The molecule has 184 valence electrons. The van der Waals surface area contributed by atoms with Crippen LogP contribution in [0.5, 0.6) is 0 Å². The number of ether oxygens (including phenoxy) is 1. The lowest BCUT2D eigenvalue weighted by Crippen LogP contribution is -2.49. The summed E-state index contributed by atoms with van der Waals surface area (Å²) >= 11 is 0. The number of likely N-dealkylation sites (N-methyl/N-ethyl adjacent to an activating group) is 1. The van der Waals surface area contributed by atoms with Crippen LogP contribution in [0.15, 0.2) is 66.7 Å². The number of hydrogen-bond donors (Lipinski definition) is 2. The van der Waals surface area contributed by atoms with Crippen molar-refractivity contribution >= 4 is 34.4 Å². The predicted octanol–water partition coefficient (Wildman–Crippen LogP) is 5.20. The largest absolute Gasteiger partial charge is 0.444 e. The van der Waals surface area contributed by atoms with Crippen molar-refractivity contribution in [3.05, 3.63) is 77.9 Å². The van der Waals surface area contributed by atoms with Crippen molar-refractivity contribution in [2.75, 3.05) is 12.4 Å². The van der Waals surface area contributed by atoms with Gasteiger partial charge in [-0.15, -0.1) is 0 Å². The Hall–Kier alpha value is -3.87. The molecule has 2 unspecified atom stereocenters. The number of hydrogen-bond acceptors (Lipinski definition) is 4. The number of nitrogens with zero attached hydrogens (tertiary/aromatic N) is 1. The van der Waals surface area contributed by atoms with E-state index < -0.39 is 29.7 Å². The highest BCUT2D eigenvalue weighted by atomic mass is 16.6. The van der Waals surface area contributed by atoms with Crippen molar-refractivity contribution in [3.63, 3.8) is 0 Å². The van der Waals surface area contributed by atoms with Crippen LogP contribution in [0.1, 0.15) is 44.9 Å². The maximum atomic E-state index is 13.5. The number of benzene rings is 3. The highest BCUT2D eigenvalue weighted by Crippen LogP contribution is 2.25. The zero-order valence-corrected chi connectivity index (χ0v) is 21.1. The van der Waals surface area contributed by atoms with Gasteiger partial charge in [0.25, 0.3) is 5.91 Å². The summed E-state index contributed by atoms with van der Waals surface area (Å²) in [4.78, 5) is 40.3. The second-order valence-corrected chi connectivity index (χ2v) is 9.68. The van der Waals surface area contributed by atoms with E-state index in [2.05, 4.69) is 10.6 Å². The summed E-state index contributed by atoms with van der Waals surface area (Å²) in [5.41, 5.74) is 1.64. The van der Waals surface area contributed by atoms with Crippen molar-refractivity contribution in [3.8, 4) is 0 Å². The van der Waals surface area contributed by atoms with Gasteiger partial charge >= 0.3 is 6.09 Å². The Morgan fingerprint density at radius 1 is 0.914 bits per heavy atom. The van der Waals surface area contributed by atoms with Gasteiger partial charge in [0, 0.05) is 12.7 Å². The molecule has 0 aliphatic heterocycles. The Labute approximate surface area is 206 Å². The fraction of sp³-hybridized carbons (Fsp3) is 0.321. The number of aryl methyl sites for hydroxylation is 1. The average Bonchev–Trinajstić information content (AvgIpc) is 2.78. The number of nitrogens with one attached hydrogen (secondary N) is 2. The maximum Gasteiger partial charge on any atom is 0.408 e. The van der Waals surface area contributed by atoms with Crippen molar-refractivity contribution in [1.29, 1.82) is 0 Å². The number of carbonyl (C=O) groups excluding carboxylic acids is 3. The Kier molecular flexibility index (Phi) is 7.79. The Morgan fingerprint density at radius 3 is 2.17 bits per heavy atom. The van der Waals surface area contributed by atoms with E-state index in [9.17, 15) is 14.4 Å². The van der Waals surface area contributed by atoms with Gasteiger partial charge in [-0.2, -0.15) is 0 Å². The van der Waals surface area contributed by atoms with Crippen molar-refractivity contribution in [2.24, 2.45) is 0 Å². The third-order valence-corrected chi connectivity index (χ3v) is 5.50. The number of amides is 3. The third-order valence-electron chi connectivity index (χ3n) is 5.50. The molecule has 7 nitrogen and oxygen atoms in total. The molecule has 0 heterocycles. The van der Waals surface area contributed by atoms with Crippen LogP contribution in [0.4, 0.5) is 10.5 Å². The van der Waals surface area contributed by atoms with Gasteiger partial charge < -0.3 is 20.3 Å². The fourth-order valence-corrected chi connectivity index (χ4v) is 3.76. The molecule has 3 rings (SSSR count). The standard InChI is InChI=1S/C28H33N3O4/c1-18-11-13-21(14-12-18)24(31(6)26(33)19(2)29-27(34)35-28(3,4)5)25(32)30-23-16-15-20-9-7-8-10-22(20)17-23/h7-17,19,24H,1-6H3,(H,29,34)(H,30,32). The number of anilines is 1. The molecular formula is C28H33N3O4. The van der Waals surface area contributed by atoms with Gasteiger partial charge in [0.05, 0.1) is 0 Å².